The molecule has 1 rings (SSSR count). The van der Waals surface area contributed by atoms with Gasteiger partial charge in [0.25, 0.3) is 0 Å². The lowest BCUT2D eigenvalue weighted by Crippen LogP contribution is -2.28. The van der Waals surface area contributed by atoms with E-state index in [0.717, 1.165) is 6.42 Å². The molecule has 0 aliphatic rings. The number of nitriles is 1. The van der Waals surface area contributed by atoms with Crippen molar-refractivity contribution in [1.29, 1.82) is 5.26 Å². The molecule has 14 heavy (non-hydrogen) atoms. The van der Waals surface area contributed by atoms with Gasteiger partial charge in [-0.25, -0.2) is 9.78 Å². The Hall–Kier alpha value is -1.83. The molecular weight excluding hydrogens is 180 g/mol. The summed E-state index contributed by atoms with van der Waals surface area (Å²) in [5, 5.41) is 8.70. The fourth-order valence-electron chi connectivity index (χ4n) is 1.18. The van der Waals surface area contributed by atoms with Gasteiger partial charge in [-0.2, -0.15) is 5.26 Å². The van der Waals surface area contributed by atoms with E-state index in [9.17, 15) is 4.79 Å². The third-order valence-electron chi connectivity index (χ3n) is 2.20. The van der Waals surface area contributed by atoms with Crippen LogP contribution in [-0.4, -0.2) is 9.55 Å². The number of hydrogen-bond donors (Lipinski definition) is 1. The first-order valence-electron chi connectivity index (χ1n) is 4.39. The molecule has 2 N–H and O–H groups in total. The van der Waals surface area contributed by atoms with Crippen molar-refractivity contribution in [3.63, 3.8) is 0 Å². The van der Waals surface area contributed by atoms with E-state index >= 15 is 0 Å². The van der Waals surface area contributed by atoms with E-state index in [2.05, 4.69) is 4.98 Å². The van der Waals surface area contributed by atoms with Crippen molar-refractivity contribution in [3.8, 4) is 6.07 Å². The zero-order chi connectivity index (χ0) is 10.7. The Labute approximate surface area is 81.8 Å². The minimum atomic E-state index is -0.407. The molecule has 1 aromatic heterocycles. The average molecular weight is 192 g/mol. The quantitative estimate of drug-likeness (QED) is 0.746. The highest BCUT2D eigenvalue weighted by Gasteiger charge is 2.11. The number of hydrogen-bond acceptors (Lipinski definition) is 4. The lowest BCUT2D eigenvalue weighted by Gasteiger charge is -2.15. The summed E-state index contributed by atoms with van der Waals surface area (Å²) in [7, 11) is 0. The Balaban J connectivity index is 3.42. The van der Waals surface area contributed by atoms with E-state index in [1.807, 2.05) is 19.9 Å². The Bertz CT molecular complexity index is 429. The van der Waals surface area contributed by atoms with Gasteiger partial charge in [-0.1, -0.05) is 6.92 Å². The van der Waals surface area contributed by atoms with Crippen LogP contribution in [0.4, 0.5) is 5.82 Å². The average Bonchev–Trinajstić information content (AvgIpc) is 2.18. The maximum atomic E-state index is 11.4. The zero-order valence-corrected chi connectivity index (χ0v) is 8.19. The summed E-state index contributed by atoms with van der Waals surface area (Å²) < 4.78 is 1.35. The first-order chi connectivity index (χ1) is 6.61. The van der Waals surface area contributed by atoms with Gasteiger partial charge in [-0.15, -0.1) is 0 Å². The van der Waals surface area contributed by atoms with Crippen LogP contribution in [0.1, 0.15) is 31.9 Å². The first kappa shape index (κ1) is 10.3. The van der Waals surface area contributed by atoms with Gasteiger partial charge in [0.1, 0.15) is 17.5 Å². The summed E-state index contributed by atoms with van der Waals surface area (Å²) >= 11 is 0. The second-order valence-electron chi connectivity index (χ2n) is 3.08. The number of anilines is 1. The summed E-state index contributed by atoms with van der Waals surface area (Å²) in [4.78, 5) is 15.0. The predicted octanol–water partition coefficient (Wildman–Crippen LogP) is 0.668. The van der Waals surface area contributed by atoms with Gasteiger partial charge in [0, 0.05) is 6.04 Å². The van der Waals surface area contributed by atoms with Crippen molar-refractivity contribution in [2.24, 2.45) is 0 Å². The maximum absolute atomic E-state index is 11.4. The van der Waals surface area contributed by atoms with Crippen molar-refractivity contribution in [3.05, 3.63) is 22.2 Å². The molecule has 0 aromatic carbocycles. The van der Waals surface area contributed by atoms with Crippen LogP contribution < -0.4 is 11.4 Å². The van der Waals surface area contributed by atoms with Crippen LogP contribution in [-0.2, 0) is 0 Å². The van der Waals surface area contributed by atoms with Gasteiger partial charge in [0.2, 0.25) is 0 Å². The van der Waals surface area contributed by atoms with Crippen molar-refractivity contribution in [2.45, 2.75) is 26.3 Å². The van der Waals surface area contributed by atoms with Crippen molar-refractivity contribution >= 4 is 5.82 Å². The molecule has 0 spiro atoms. The number of nitrogens with zero attached hydrogens (tertiary/aromatic N) is 3. The summed E-state index contributed by atoms with van der Waals surface area (Å²) in [6.45, 7) is 3.80. The monoisotopic (exact) mass is 192 g/mol. The van der Waals surface area contributed by atoms with Crippen LogP contribution in [0.25, 0.3) is 0 Å². The van der Waals surface area contributed by atoms with Crippen LogP contribution in [0, 0.1) is 11.3 Å². The maximum Gasteiger partial charge on any atom is 0.349 e. The van der Waals surface area contributed by atoms with Crippen LogP contribution in [0.2, 0.25) is 0 Å². The minimum absolute atomic E-state index is 0.0386. The molecule has 0 bridgehead atoms. The first-order valence-corrected chi connectivity index (χ1v) is 4.39. The highest BCUT2D eigenvalue weighted by atomic mass is 16.1. The Morgan fingerprint density at radius 3 is 2.93 bits per heavy atom. The molecule has 1 unspecified atom stereocenters. The van der Waals surface area contributed by atoms with Crippen LogP contribution >= 0.6 is 0 Å². The van der Waals surface area contributed by atoms with Crippen LogP contribution in [0.3, 0.4) is 0 Å². The van der Waals surface area contributed by atoms with Gasteiger partial charge in [0.05, 0.1) is 6.20 Å². The summed E-state index contributed by atoms with van der Waals surface area (Å²) in [6, 6.07) is 1.86. The van der Waals surface area contributed by atoms with Crippen molar-refractivity contribution in [2.75, 3.05) is 5.73 Å². The molecule has 5 nitrogen and oxygen atoms in total. The Kier molecular flexibility index (Phi) is 2.87. The molecule has 0 fully saturated rings. The van der Waals surface area contributed by atoms with E-state index in [-0.39, 0.29) is 17.4 Å². The Morgan fingerprint density at radius 1 is 1.79 bits per heavy atom. The molecule has 0 saturated carbocycles. The summed E-state index contributed by atoms with van der Waals surface area (Å²) in [6.07, 6.45) is 1.97. The second-order valence-corrected chi connectivity index (χ2v) is 3.08. The van der Waals surface area contributed by atoms with Gasteiger partial charge in [-0.05, 0) is 13.3 Å². The van der Waals surface area contributed by atoms with E-state index in [1.165, 1.54) is 10.8 Å². The lowest BCUT2D eigenvalue weighted by atomic mass is 10.2. The highest BCUT2D eigenvalue weighted by molar-refractivity contribution is 5.47. The van der Waals surface area contributed by atoms with E-state index in [0.29, 0.717) is 0 Å². The zero-order valence-electron chi connectivity index (χ0n) is 8.19. The molecule has 0 radical (unpaired) electrons. The summed E-state index contributed by atoms with van der Waals surface area (Å²) in [5.74, 6) is 0.196. The SMILES string of the molecule is CCC(C)n1c(N)c(C#N)cnc1=O. The lowest BCUT2D eigenvalue weighted by molar-refractivity contribution is 0.510. The number of nitrogens with two attached hydrogens (primary N) is 1. The topological polar surface area (TPSA) is 84.7 Å². The summed E-state index contributed by atoms with van der Waals surface area (Å²) in [5.41, 5.74) is 5.51. The van der Waals surface area contributed by atoms with Crippen LogP contribution in [0.5, 0.6) is 0 Å². The molecule has 74 valence electrons. The standard InChI is InChI=1S/C9H12N4O/c1-3-6(2)13-8(11)7(4-10)5-12-9(13)14/h5-6H,3,11H2,1-2H3. The third-order valence-corrected chi connectivity index (χ3v) is 2.20. The smallest absolute Gasteiger partial charge is 0.349 e. The van der Waals surface area contributed by atoms with Gasteiger partial charge < -0.3 is 5.73 Å². The van der Waals surface area contributed by atoms with Crippen molar-refractivity contribution < 1.29 is 0 Å². The molecule has 0 aliphatic heterocycles. The predicted molar refractivity (Wildman–Crippen MR) is 52.6 cm³/mol. The number of aromatic nitrogens is 2. The molecule has 0 amide bonds. The molecule has 1 atom stereocenters. The van der Waals surface area contributed by atoms with E-state index < -0.39 is 5.69 Å². The molecule has 0 saturated heterocycles. The molecule has 5 heteroatoms. The van der Waals surface area contributed by atoms with Crippen LogP contribution in [0.15, 0.2) is 11.0 Å². The number of rotatable bonds is 2. The van der Waals surface area contributed by atoms with Crippen molar-refractivity contribution in [1.82, 2.24) is 9.55 Å². The number of nitrogen functional groups attached to an aromatic ring is 1. The molecule has 1 aromatic rings. The second kappa shape index (κ2) is 3.92. The fraction of sp³-hybridized carbons (Fsp3) is 0.444. The third kappa shape index (κ3) is 1.59. The molecule has 0 aliphatic carbocycles. The van der Waals surface area contributed by atoms with E-state index in [1.54, 1.807) is 0 Å². The molecule has 1 heterocycles. The largest absolute Gasteiger partial charge is 0.384 e. The normalized spacial score (nSPS) is 12.1. The molecular formula is C9H12N4O. The van der Waals surface area contributed by atoms with E-state index in [4.69, 9.17) is 11.0 Å². The van der Waals surface area contributed by atoms with Gasteiger partial charge in [0.15, 0.2) is 0 Å². The Morgan fingerprint density at radius 2 is 2.43 bits per heavy atom. The van der Waals surface area contributed by atoms with Gasteiger partial charge >= 0.3 is 5.69 Å². The van der Waals surface area contributed by atoms with Gasteiger partial charge in [-0.3, -0.25) is 4.57 Å². The fourth-order valence-corrected chi connectivity index (χ4v) is 1.18. The highest BCUT2D eigenvalue weighted by Crippen LogP contribution is 2.14. The minimum Gasteiger partial charge on any atom is -0.384 e.